The lowest BCUT2D eigenvalue weighted by atomic mass is 9.92. The summed E-state index contributed by atoms with van der Waals surface area (Å²) in [4.78, 5) is 9.82. The zero-order chi connectivity index (χ0) is 27.4. The summed E-state index contributed by atoms with van der Waals surface area (Å²) in [5, 5.41) is 8.50. The Hall–Kier alpha value is -3.75. The monoisotopic (exact) mass is 517 g/mol. The van der Waals surface area contributed by atoms with Gasteiger partial charge in [0.15, 0.2) is 5.76 Å². The van der Waals surface area contributed by atoms with E-state index in [0.717, 1.165) is 65.8 Å². The third kappa shape index (κ3) is 6.64. The molecule has 1 fully saturated rings. The second kappa shape index (κ2) is 12.0. The average molecular weight is 518 g/mol. The standard InChI is InChI=1S/C35H39N3O/c1-5-30(34-20-24(3)19-33(38-34)27-14-15-27)32-22-28(16-17-31(32)25(4)36)35-37-18-8-13-29(39-35)21-26-11-6-9-23(2)10-7-12-26/h5,8-9,12,16-17,19-20,22,27,36H,6-7,10-11,14-15,18,21H2,1-4H3. The lowest BCUT2D eigenvalue weighted by molar-refractivity contribution is 0.403. The topological polar surface area (TPSA) is 58.3 Å². The van der Waals surface area contributed by atoms with Crippen molar-refractivity contribution < 1.29 is 4.74 Å². The number of ether oxygens (including phenoxy) is 1. The molecule has 0 unspecified atom stereocenters. The van der Waals surface area contributed by atoms with Crippen LogP contribution in [-0.4, -0.2) is 23.1 Å². The first-order valence-corrected chi connectivity index (χ1v) is 14.3. The van der Waals surface area contributed by atoms with E-state index in [9.17, 15) is 0 Å². The van der Waals surface area contributed by atoms with Gasteiger partial charge < -0.3 is 10.1 Å². The van der Waals surface area contributed by atoms with Crippen molar-refractivity contribution in [3.8, 4) is 0 Å². The average Bonchev–Trinajstić information content (AvgIpc) is 3.75. The molecule has 1 saturated carbocycles. The zero-order valence-electron chi connectivity index (χ0n) is 23.7. The Kier molecular flexibility index (Phi) is 8.24. The van der Waals surface area contributed by atoms with Crippen molar-refractivity contribution in [3.63, 3.8) is 0 Å². The number of rotatable bonds is 7. The summed E-state index contributed by atoms with van der Waals surface area (Å²) < 4.78 is 6.43. The number of aliphatic imine (C=N–C) groups is 1. The fourth-order valence-corrected chi connectivity index (χ4v) is 5.37. The third-order valence-electron chi connectivity index (χ3n) is 7.64. The summed E-state index contributed by atoms with van der Waals surface area (Å²) in [6.45, 7) is 8.79. The van der Waals surface area contributed by atoms with Crippen LogP contribution in [0.2, 0.25) is 0 Å². The minimum absolute atomic E-state index is 0.525. The molecule has 200 valence electrons. The lowest BCUT2D eigenvalue weighted by Crippen LogP contribution is -2.10. The Morgan fingerprint density at radius 3 is 2.67 bits per heavy atom. The quantitative estimate of drug-likeness (QED) is 0.227. The molecule has 1 aromatic carbocycles. The molecule has 1 aliphatic heterocycles. The smallest absolute Gasteiger partial charge is 0.222 e. The van der Waals surface area contributed by atoms with Gasteiger partial charge in [-0.1, -0.05) is 41.2 Å². The summed E-state index contributed by atoms with van der Waals surface area (Å²) in [7, 11) is 0. The van der Waals surface area contributed by atoms with E-state index in [0.29, 0.717) is 24.1 Å². The molecular weight excluding hydrogens is 478 g/mol. The van der Waals surface area contributed by atoms with E-state index in [-0.39, 0.29) is 0 Å². The van der Waals surface area contributed by atoms with E-state index in [1.54, 1.807) is 0 Å². The van der Waals surface area contributed by atoms with Gasteiger partial charge in [0.1, 0.15) is 0 Å². The molecule has 2 aromatic rings. The van der Waals surface area contributed by atoms with Gasteiger partial charge in [-0.3, -0.25) is 4.98 Å². The maximum Gasteiger partial charge on any atom is 0.222 e. The first-order valence-electron chi connectivity index (χ1n) is 14.3. The molecule has 2 aliphatic carbocycles. The molecule has 2 heterocycles. The highest BCUT2D eigenvalue weighted by Crippen LogP contribution is 2.40. The van der Waals surface area contributed by atoms with Crippen LogP contribution in [0.3, 0.4) is 0 Å². The summed E-state index contributed by atoms with van der Waals surface area (Å²) in [5.41, 5.74) is 14.0. The molecule has 0 amide bonds. The Bertz CT molecular complexity index is 1470. The number of aromatic nitrogens is 1. The van der Waals surface area contributed by atoms with Crippen LogP contribution in [-0.2, 0) is 4.74 Å². The summed E-state index contributed by atoms with van der Waals surface area (Å²) in [5.74, 6) is 2.00. The second-order valence-electron chi connectivity index (χ2n) is 11.0. The Morgan fingerprint density at radius 2 is 1.90 bits per heavy atom. The molecule has 3 aliphatic rings. The minimum Gasteiger partial charge on any atom is -0.435 e. The van der Waals surface area contributed by atoms with Crippen LogP contribution >= 0.6 is 0 Å². The Labute approximate surface area is 233 Å². The van der Waals surface area contributed by atoms with E-state index in [4.69, 9.17) is 20.1 Å². The van der Waals surface area contributed by atoms with Crippen molar-refractivity contribution in [3.05, 3.63) is 111 Å². The SMILES string of the molecule is CC=C(c1cc(C)cc(C2CC2)n1)c1cc(C2=NCC=C=C(CC3=CCCC(C)=CCC3)O2)ccc1C(C)=N. The van der Waals surface area contributed by atoms with Gasteiger partial charge in [0.25, 0.3) is 0 Å². The number of pyridine rings is 1. The highest BCUT2D eigenvalue weighted by Gasteiger charge is 2.26. The summed E-state index contributed by atoms with van der Waals surface area (Å²) in [6.07, 6.45) is 16.3. The van der Waals surface area contributed by atoms with Gasteiger partial charge in [-0.2, -0.15) is 0 Å². The third-order valence-corrected chi connectivity index (χ3v) is 7.64. The lowest BCUT2D eigenvalue weighted by Gasteiger charge is -2.17. The van der Waals surface area contributed by atoms with Gasteiger partial charge in [-0.05, 0) is 108 Å². The normalized spacial score (nSPS) is 18.1. The first-order chi connectivity index (χ1) is 18.9. The molecule has 0 radical (unpaired) electrons. The zero-order valence-corrected chi connectivity index (χ0v) is 23.7. The number of benzene rings is 1. The molecule has 4 heteroatoms. The molecule has 0 spiro atoms. The molecule has 4 nitrogen and oxygen atoms in total. The highest BCUT2D eigenvalue weighted by atomic mass is 16.5. The fourth-order valence-electron chi connectivity index (χ4n) is 5.37. The molecule has 1 N–H and O–H groups in total. The van der Waals surface area contributed by atoms with Crippen LogP contribution in [0.25, 0.3) is 5.57 Å². The minimum atomic E-state index is 0.525. The van der Waals surface area contributed by atoms with Crippen LogP contribution in [0.15, 0.2) is 82.3 Å². The maximum absolute atomic E-state index is 8.50. The molecule has 0 atom stereocenters. The van der Waals surface area contributed by atoms with Crippen molar-refractivity contribution in [2.24, 2.45) is 4.99 Å². The number of nitrogens with one attached hydrogen (secondary N) is 1. The number of hydrogen-bond acceptors (Lipinski definition) is 4. The number of hydrogen-bond donors (Lipinski definition) is 1. The maximum atomic E-state index is 8.50. The number of nitrogens with zero attached hydrogens (tertiary/aromatic N) is 2. The van der Waals surface area contributed by atoms with Crippen LogP contribution in [0, 0.1) is 12.3 Å². The van der Waals surface area contributed by atoms with Gasteiger partial charge in [0.2, 0.25) is 5.90 Å². The second-order valence-corrected chi connectivity index (χ2v) is 11.0. The van der Waals surface area contributed by atoms with E-state index < -0.39 is 0 Å². The molecule has 5 rings (SSSR count). The first kappa shape index (κ1) is 26.8. The van der Waals surface area contributed by atoms with E-state index in [1.807, 2.05) is 25.1 Å². The van der Waals surface area contributed by atoms with E-state index in [2.05, 4.69) is 62.9 Å². The molecule has 39 heavy (non-hydrogen) atoms. The van der Waals surface area contributed by atoms with Crippen molar-refractivity contribution in [1.29, 1.82) is 5.41 Å². The molecule has 1 aromatic heterocycles. The molecule has 0 saturated heterocycles. The highest BCUT2D eigenvalue weighted by molar-refractivity contribution is 6.04. The molecular formula is C35H39N3O. The number of aryl methyl sites for hydroxylation is 1. The van der Waals surface area contributed by atoms with Gasteiger partial charge >= 0.3 is 0 Å². The largest absolute Gasteiger partial charge is 0.435 e. The van der Waals surface area contributed by atoms with Crippen LogP contribution in [0.4, 0.5) is 0 Å². The van der Waals surface area contributed by atoms with Gasteiger partial charge in [0, 0.05) is 40.4 Å². The van der Waals surface area contributed by atoms with Gasteiger partial charge in [-0.25, -0.2) is 4.99 Å². The predicted octanol–water partition coefficient (Wildman–Crippen LogP) is 8.76. The van der Waals surface area contributed by atoms with Crippen molar-refractivity contribution >= 4 is 17.2 Å². The van der Waals surface area contributed by atoms with Crippen LogP contribution < -0.4 is 0 Å². The molecule has 0 bridgehead atoms. The predicted molar refractivity (Wildman–Crippen MR) is 162 cm³/mol. The van der Waals surface area contributed by atoms with Crippen molar-refractivity contribution in [2.45, 2.75) is 78.6 Å². The summed E-state index contributed by atoms with van der Waals surface area (Å²) in [6, 6.07) is 10.5. The summed E-state index contributed by atoms with van der Waals surface area (Å²) >= 11 is 0. The van der Waals surface area contributed by atoms with E-state index in [1.165, 1.54) is 35.2 Å². The Balaban J connectivity index is 1.44. The Morgan fingerprint density at radius 1 is 1.08 bits per heavy atom. The van der Waals surface area contributed by atoms with E-state index >= 15 is 0 Å². The van der Waals surface area contributed by atoms with Crippen LogP contribution in [0.5, 0.6) is 0 Å². The number of allylic oxidation sites excluding steroid dienone is 4. The van der Waals surface area contributed by atoms with Gasteiger partial charge in [0.05, 0.1) is 12.2 Å². The van der Waals surface area contributed by atoms with Crippen LogP contribution in [0.1, 0.15) is 105 Å². The fraction of sp³-hybridized carbons (Fsp3) is 0.371. The van der Waals surface area contributed by atoms with Crippen molar-refractivity contribution in [2.75, 3.05) is 6.54 Å². The van der Waals surface area contributed by atoms with Gasteiger partial charge in [-0.15, -0.1) is 0 Å². The van der Waals surface area contributed by atoms with Crippen molar-refractivity contribution in [1.82, 2.24) is 4.98 Å².